The van der Waals surface area contributed by atoms with E-state index in [9.17, 15) is 0 Å². The van der Waals surface area contributed by atoms with Gasteiger partial charge < -0.3 is 6.42 Å². The van der Waals surface area contributed by atoms with E-state index in [1.54, 1.807) is 0 Å². The Morgan fingerprint density at radius 2 is 1.58 bits per heavy atom. The fourth-order valence-corrected chi connectivity index (χ4v) is 2.33. The predicted octanol–water partition coefficient (Wildman–Crippen LogP) is 6.70. The van der Waals surface area contributed by atoms with Gasteiger partial charge in [-0.25, -0.2) is 0 Å². The van der Waals surface area contributed by atoms with Crippen molar-refractivity contribution in [2.45, 2.75) is 97.7 Å². The molecule has 0 radical (unpaired) electrons. The largest absolute Gasteiger partial charge is 0.328 e. The smallest absolute Gasteiger partial charge is 0.00424 e. The molecule has 1 aliphatic rings. The molecule has 118 valence electrons. The Labute approximate surface area is 143 Å². The average Bonchev–Trinajstić information content (AvgIpc) is 2.41. The van der Waals surface area contributed by atoms with Crippen molar-refractivity contribution in [1.82, 2.24) is 0 Å². The summed E-state index contributed by atoms with van der Waals surface area (Å²) >= 11 is 4.46. The van der Waals surface area contributed by atoms with E-state index in [1.807, 2.05) is 13.8 Å². The summed E-state index contributed by atoms with van der Waals surface area (Å²) in [4.78, 5) is 0. The molecule has 0 N–H and O–H groups in total. The number of unbranched alkanes of at least 4 members (excludes halogenated alkanes) is 5. The van der Waals surface area contributed by atoms with Crippen molar-refractivity contribution in [3.63, 3.8) is 0 Å². The maximum absolute atomic E-state index is 4.46. The summed E-state index contributed by atoms with van der Waals surface area (Å²) < 4.78 is 0. The summed E-state index contributed by atoms with van der Waals surface area (Å²) in [5, 5.41) is 0.698. The molecule has 0 aromatic rings. The minimum absolute atomic E-state index is 0. The van der Waals surface area contributed by atoms with Gasteiger partial charge in [-0.3, -0.25) is 0 Å². The molecule has 19 heavy (non-hydrogen) atoms. The van der Waals surface area contributed by atoms with Gasteiger partial charge in [0.2, 0.25) is 0 Å². The van der Waals surface area contributed by atoms with E-state index in [0.717, 1.165) is 5.92 Å². The molecule has 2 atom stereocenters. The normalized spacial score (nSPS) is 21.2. The first kappa shape index (κ1) is 25.0. The maximum atomic E-state index is 4.46. The third-order valence-corrected chi connectivity index (χ3v) is 4.09. The predicted molar refractivity (Wildman–Crippen MR) is 90.5 cm³/mol. The average molecular weight is 457 g/mol. The molecule has 1 aliphatic carbocycles. The Morgan fingerprint density at radius 3 is 1.95 bits per heavy atom. The van der Waals surface area contributed by atoms with E-state index >= 15 is 0 Å². The van der Waals surface area contributed by atoms with Gasteiger partial charge in [0, 0.05) is 26.3 Å². The van der Waals surface area contributed by atoms with Crippen molar-refractivity contribution in [2.75, 3.05) is 0 Å². The molecule has 1 saturated carbocycles. The Bertz CT molecular complexity index is 123. The van der Waals surface area contributed by atoms with Gasteiger partial charge in [-0.1, -0.05) is 66.7 Å². The molecule has 1 fully saturated rings. The van der Waals surface area contributed by atoms with Crippen LogP contribution in [0.25, 0.3) is 0 Å². The van der Waals surface area contributed by atoms with Crippen LogP contribution in [0.15, 0.2) is 0 Å². The van der Waals surface area contributed by atoms with Crippen LogP contribution in [0.2, 0.25) is 0 Å². The van der Waals surface area contributed by atoms with Gasteiger partial charge in [-0.2, -0.15) is 25.5 Å². The van der Waals surface area contributed by atoms with Crippen LogP contribution in [0.4, 0.5) is 0 Å². The third-order valence-electron chi connectivity index (χ3n) is 3.32. The van der Waals surface area contributed by atoms with E-state index in [1.165, 1.54) is 57.8 Å². The first-order chi connectivity index (χ1) is 8.72. The molecule has 0 heterocycles. The van der Waals surface area contributed by atoms with Crippen molar-refractivity contribution < 1.29 is 21.1 Å². The molecular formula is C17H37SW-. The monoisotopic (exact) mass is 457 g/mol. The molecule has 2 unspecified atom stereocenters. The van der Waals surface area contributed by atoms with E-state index in [2.05, 4.69) is 39.8 Å². The molecule has 2 heteroatoms. The molecule has 0 spiro atoms. The standard InChI is InChI=1S/C8H17.C7H14S.C2H6.W/c1-3-5-7-8-6-4-2;1-6-4-2-3-5-7(6)8;1-2;/h7H,3-6,8H2,1-2H3;6-8H,2-5H2,1H3;1-2H3;/q-1;;;. The molecule has 1 rings (SSSR count). The van der Waals surface area contributed by atoms with Gasteiger partial charge in [0.25, 0.3) is 0 Å². The van der Waals surface area contributed by atoms with Crippen LogP contribution in [0.1, 0.15) is 92.4 Å². The van der Waals surface area contributed by atoms with E-state index in [0.29, 0.717) is 5.25 Å². The summed E-state index contributed by atoms with van der Waals surface area (Å²) in [7, 11) is 0. The third kappa shape index (κ3) is 19.0. The molecular weight excluding hydrogens is 420 g/mol. The van der Waals surface area contributed by atoms with Crippen LogP contribution in [0.5, 0.6) is 0 Å². The molecule has 0 aliphatic heterocycles. The van der Waals surface area contributed by atoms with Crippen LogP contribution in [0, 0.1) is 12.3 Å². The van der Waals surface area contributed by atoms with Crippen molar-refractivity contribution >= 4 is 12.6 Å². The zero-order valence-corrected chi connectivity index (χ0v) is 17.8. The second-order valence-corrected chi connectivity index (χ2v) is 5.71. The van der Waals surface area contributed by atoms with Gasteiger partial charge in [0.15, 0.2) is 0 Å². The van der Waals surface area contributed by atoms with Crippen molar-refractivity contribution in [3.8, 4) is 0 Å². The van der Waals surface area contributed by atoms with Crippen molar-refractivity contribution in [1.29, 1.82) is 0 Å². The fourth-order valence-electron chi connectivity index (χ4n) is 1.99. The van der Waals surface area contributed by atoms with Gasteiger partial charge in [-0.15, -0.1) is 0 Å². The Kier molecular flexibility index (Phi) is 28.1. The SMILES string of the molecule is CC.CC1CCCCC1S.CCC[CH-]CCCC.[W]. The van der Waals surface area contributed by atoms with Gasteiger partial charge >= 0.3 is 0 Å². The van der Waals surface area contributed by atoms with Crippen LogP contribution < -0.4 is 0 Å². The zero-order chi connectivity index (χ0) is 14.2. The fraction of sp³-hybridized carbons (Fsp3) is 0.941. The topological polar surface area (TPSA) is 0 Å². The summed E-state index contributed by atoms with van der Waals surface area (Å²) in [6.45, 7) is 10.8. The van der Waals surface area contributed by atoms with Gasteiger partial charge in [-0.05, 0) is 18.8 Å². The van der Waals surface area contributed by atoms with Crippen LogP contribution >= 0.6 is 12.6 Å². The second-order valence-electron chi connectivity index (χ2n) is 5.05. The first-order valence-electron chi connectivity index (χ1n) is 8.22. The quantitative estimate of drug-likeness (QED) is 0.265. The summed E-state index contributed by atoms with van der Waals surface area (Å²) in [6, 6.07) is 0. The minimum atomic E-state index is 0. The Balaban J connectivity index is -0.000000228. The number of rotatable bonds is 5. The van der Waals surface area contributed by atoms with Crippen LogP contribution in [-0.2, 0) is 21.1 Å². The Morgan fingerprint density at radius 1 is 1.00 bits per heavy atom. The van der Waals surface area contributed by atoms with Crippen LogP contribution in [0.3, 0.4) is 0 Å². The van der Waals surface area contributed by atoms with Gasteiger partial charge in [0.05, 0.1) is 0 Å². The number of hydrogen-bond acceptors (Lipinski definition) is 1. The van der Waals surface area contributed by atoms with Gasteiger partial charge in [0.1, 0.15) is 0 Å². The molecule has 0 nitrogen and oxygen atoms in total. The van der Waals surface area contributed by atoms with E-state index in [4.69, 9.17) is 0 Å². The van der Waals surface area contributed by atoms with E-state index in [-0.39, 0.29) is 21.1 Å². The summed E-state index contributed by atoms with van der Waals surface area (Å²) in [5.74, 6) is 0.868. The Hall–Kier alpha value is 1.04. The molecule has 0 bridgehead atoms. The number of hydrogen-bond donors (Lipinski definition) is 1. The van der Waals surface area contributed by atoms with E-state index < -0.39 is 0 Å². The summed E-state index contributed by atoms with van der Waals surface area (Å²) in [6.07, 6.45) is 14.6. The first-order valence-corrected chi connectivity index (χ1v) is 8.73. The zero-order valence-electron chi connectivity index (χ0n) is 14.0. The molecule has 0 aromatic heterocycles. The summed E-state index contributed by atoms with van der Waals surface area (Å²) in [5.41, 5.74) is 0. The molecule has 0 amide bonds. The maximum Gasteiger partial charge on any atom is 0.00424 e. The second kappa shape index (κ2) is 21.3. The van der Waals surface area contributed by atoms with Crippen molar-refractivity contribution in [3.05, 3.63) is 6.42 Å². The molecule has 0 saturated heterocycles. The minimum Gasteiger partial charge on any atom is -0.328 e. The molecule has 0 aromatic carbocycles. The van der Waals surface area contributed by atoms with Crippen LogP contribution in [-0.4, -0.2) is 5.25 Å². The number of thiol groups is 1. The van der Waals surface area contributed by atoms with Crippen molar-refractivity contribution in [2.24, 2.45) is 5.92 Å².